The fourth-order valence-electron chi connectivity index (χ4n) is 1.73. The van der Waals surface area contributed by atoms with Crippen molar-refractivity contribution in [3.05, 3.63) is 39.2 Å². The van der Waals surface area contributed by atoms with Crippen LogP contribution in [0.1, 0.15) is 5.69 Å². The van der Waals surface area contributed by atoms with E-state index in [1.165, 1.54) is 0 Å². The second kappa shape index (κ2) is 5.26. The number of nitro groups is 1. The normalized spacial score (nSPS) is 20.4. The summed E-state index contributed by atoms with van der Waals surface area (Å²) in [6.07, 6.45) is 1.17. The highest BCUT2D eigenvalue weighted by Crippen LogP contribution is 2.15. The van der Waals surface area contributed by atoms with Crippen LogP contribution >= 0.6 is 11.6 Å². The van der Waals surface area contributed by atoms with E-state index in [0.717, 1.165) is 0 Å². The third-order valence-electron chi connectivity index (χ3n) is 2.52. The van der Waals surface area contributed by atoms with E-state index < -0.39 is 11.3 Å². The quantitative estimate of drug-likeness (QED) is 0.592. The molecule has 1 fully saturated rings. The van der Waals surface area contributed by atoms with Gasteiger partial charge in [-0.3, -0.25) is 15.2 Å². The summed E-state index contributed by atoms with van der Waals surface area (Å²) >= 11 is 5.99. The second-order valence-corrected chi connectivity index (χ2v) is 4.05. The average Bonchev–Trinajstić information content (AvgIpc) is 2.68. The second-order valence-electron chi connectivity index (χ2n) is 3.65. The Balaban J connectivity index is 2.03. The molecule has 1 saturated heterocycles. The first kappa shape index (κ1) is 12.0. The van der Waals surface area contributed by atoms with Crippen molar-refractivity contribution in [2.75, 3.05) is 13.1 Å². The van der Waals surface area contributed by atoms with Gasteiger partial charge in [0.15, 0.2) is 11.3 Å². The van der Waals surface area contributed by atoms with Crippen LogP contribution in [0.2, 0.25) is 5.02 Å². The highest BCUT2D eigenvalue weighted by molar-refractivity contribution is 6.31. The Morgan fingerprint density at radius 3 is 3.29 bits per heavy atom. The van der Waals surface area contributed by atoms with Gasteiger partial charge < -0.3 is 0 Å². The minimum Gasteiger partial charge on any atom is -0.279 e. The number of pyridine rings is 1. The van der Waals surface area contributed by atoms with Crippen molar-refractivity contribution in [2.45, 2.75) is 12.8 Å². The summed E-state index contributed by atoms with van der Waals surface area (Å²) in [5, 5.41) is 13.4. The maximum absolute atomic E-state index is 10.4. The van der Waals surface area contributed by atoms with Crippen LogP contribution in [0, 0.1) is 10.1 Å². The van der Waals surface area contributed by atoms with E-state index in [2.05, 4.69) is 15.7 Å². The summed E-state index contributed by atoms with van der Waals surface area (Å²) in [4.78, 5) is 16.4. The molecule has 17 heavy (non-hydrogen) atoms. The molecule has 1 unspecified atom stereocenters. The van der Waals surface area contributed by atoms with E-state index in [4.69, 9.17) is 11.6 Å². The molecule has 8 heteroatoms. The Morgan fingerprint density at radius 2 is 2.59 bits per heavy atom. The van der Waals surface area contributed by atoms with Crippen molar-refractivity contribution < 1.29 is 5.03 Å². The van der Waals surface area contributed by atoms with Gasteiger partial charge >= 0.3 is 0 Å². The van der Waals surface area contributed by atoms with E-state index in [1.807, 2.05) is 4.90 Å². The largest absolute Gasteiger partial charge is 0.279 e. The fourth-order valence-corrected chi connectivity index (χ4v) is 1.91. The van der Waals surface area contributed by atoms with E-state index in [9.17, 15) is 10.1 Å². The Morgan fingerprint density at radius 1 is 1.76 bits per heavy atom. The standard InChI is InChI=1S/C9H12ClN5O2/c10-7-2-1-3-11-8(7)6-14-5-4-12-9(14)13-15(16)17/h1-3,9,12-13H,4-6H2. The number of aromatic nitrogens is 1. The number of hydrazine groups is 1. The lowest BCUT2D eigenvalue weighted by atomic mass is 10.3. The zero-order chi connectivity index (χ0) is 12.3. The molecule has 7 nitrogen and oxygen atoms in total. The third kappa shape index (κ3) is 3.02. The van der Waals surface area contributed by atoms with Crippen molar-refractivity contribution in [1.29, 1.82) is 0 Å². The molecule has 0 bridgehead atoms. The molecule has 2 heterocycles. The lowest BCUT2D eigenvalue weighted by molar-refractivity contribution is -0.556. The van der Waals surface area contributed by atoms with Gasteiger partial charge in [0.1, 0.15) is 0 Å². The van der Waals surface area contributed by atoms with Gasteiger partial charge in [0.2, 0.25) is 0 Å². The Bertz CT molecular complexity index is 416. The van der Waals surface area contributed by atoms with Crippen LogP contribution in [0.5, 0.6) is 0 Å². The molecule has 1 aromatic rings. The molecule has 0 aromatic carbocycles. The van der Waals surface area contributed by atoms with E-state index in [-0.39, 0.29) is 0 Å². The van der Waals surface area contributed by atoms with Gasteiger partial charge in [0.05, 0.1) is 10.7 Å². The van der Waals surface area contributed by atoms with Crippen LogP contribution in [0.25, 0.3) is 0 Å². The van der Waals surface area contributed by atoms with E-state index in [0.29, 0.717) is 30.4 Å². The summed E-state index contributed by atoms with van der Waals surface area (Å²) < 4.78 is 0. The first-order valence-electron chi connectivity index (χ1n) is 5.14. The lowest BCUT2D eigenvalue weighted by Gasteiger charge is -2.20. The zero-order valence-electron chi connectivity index (χ0n) is 8.97. The first-order chi connectivity index (χ1) is 8.16. The van der Waals surface area contributed by atoms with Crippen molar-refractivity contribution >= 4 is 11.6 Å². The highest BCUT2D eigenvalue weighted by Gasteiger charge is 2.27. The Kier molecular flexibility index (Phi) is 3.72. The van der Waals surface area contributed by atoms with Gasteiger partial charge in [-0.05, 0) is 12.1 Å². The number of nitrogens with zero attached hydrogens (tertiary/aromatic N) is 3. The Labute approximate surface area is 103 Å². The molecule has 0 radical (unpaired) electrons. The zero-order valence-corrected chi connectivity index (χ0v) is 9.72. The molecule has 0 saturated carbocycles. The van der Waals surface area contributed by atoms with Gasteiger partial charge in [0, 0.05) is 25.8 Å². The van der Waals surface area contributed by atoms with E-state index in [1.54, 1.807) is 18.3 Å². The molecule has 0 spiro atoms. The monoisotopic (exact) mass is 257 g/mol. The van der Waals surface area contributed by atoms with E-state index >= 15 is 0 Å². The Hall–Kier alpha value is -1.44. The van der Waals surface area contributed by atoms with Crippen molar-refractivity contribution in [1.82, 2.24) is 20.6 Å². The van der Waals surface area contributed by atoms with Gasteiger partial charge in [-0.2, -0.15) is 0 Å². The van der Waals surface area contributed by atoms with Gasteiger partial charge in [-0.1, -0.05) is 11.6 Å². The summed E-state index contributed by atoms with van der Waals surface area (Å²) in [5.41, 5.74) is 2.91. The van der Waals surface area contributed by atoms with Crippen LogP contribution in [0.3, 0.4) is 0 Å². The molecule has 0 aliphatic carbocycles. The van der Waals surface area contributed by atoms with Crippen LogP contribution in [-0.2, 0) is 6.54 Å². The number of hydrogen-bond acceptors (Lipinski definition) is 5. The van der Waals surface area contributed by atoms with Crippen LogP contribution < -0.4 is 10.7 Å². The first-order valence-corrected chi connectivity index (χ1v) is 5.52. The number of halogens is 1. The van der Waals surface area contributed by atoms with Gasteiger partial charge in [-0.25, -0.2) is 10.1 Å². The third-order valence-corrected chi connectivity index (χ3v) is 2.86. The van der Waals surface area contributed by atoms with Gasteiger partial charge in [0.25, 0.3) is 0 Å². The summed E-state index contributed by atoms with van der Waals surface area (Å²) in [7, 11) is 0. The molecular formula is C9H12ClN5O2. The van der Waals surface area contributed by atoms with Gasteiger partial charge in [-0.15, -0.1) is 5.43 Å². The predicted molar refractivity (Wildman–Crippen MR) is 61.6 cm³/mol. The molecule has 2 N–H and O–H groups in total. The molecule has 92 valence electrons. The average molecular weight is 258 g/mol. The minimum atomic E-state index is -0.560. The van der Waals surface area contributed by atoms with Crippen LogP contribution in [0.15, 0.2) is 18.3 Å². The fraction of sp³-hybridized carbons (Fsp3) is 0.444. The molecule has 1 aliphatic rings. The van der Waals surface area contributed by atoms with Crippen molar-refractivity contribution in [2.24, 2.45) is 0 Å². The number of nitrogens with one attached hydrogen (secondary N) is 2. The SMILES string of the molecule is O=[N+]([O-])NC1NCCN1Cc1ncccc1Cl. The van der Waals surface area contributed by atoms with Crippen molar-refractivity contribution in [3.8, 4) is 0 Å². The lowest BCUT2D eigenvalue weighted by Crippen LogP contribution is -2.49. The molecule has 0 amide bonds. The highest BCUT2D eigenvalue weighted by atomic mass is 35.5. The van der Waals surface area contributed by atoms with Crippen LogP contribution in [0.4, 0.5) is 0 Å². The molecule has 1 atom stereocenters. The smallest absolute Gasteiger partial charge is 0.192 e. The van der Waals surface area contributed by atoms with Crippen LogP contribution in [-0.4, -0.2) is 34.3 Å². The maximum atomic E-state index is 10.4. The summed E-state index contributed by atoms with van der Waals surface area (Å²) in [6, 6.07) is 3.50. The molecule has 2 rings (SSSR count). The summed E-state index contributed by atoms with van der Waals surface area (Å²) in [6.45, 7) is 1.87. The summed E-state index contributed by atoms with van der Waals surface area (Å²) in [5.74, 6) is 0. The molecule has 1 aromatic heterocycles. The number of rotatable bonds is 4. The molecule has 1 aliphatic heterocycles. The van der Waals surface area contributed by atoms with Crippen molar-refractivity contribution in [3.63, 3.8) is 0 Å². The molecular weight excluding hydrogens is 246 g/mol. The maximum Gasteiger partial charge on any atom is 0.192 e. The topological polar surface area (TPSA) is 83.3 Å². The number of hydrogen-bond donors (Lipinski definition) is 2. The minimum absolute atomic E-state index is 0.470. The predicted octanol–water partition coefficient (Wildman–Crippen LogP) is 0.205.